The standard InChI is InChI=1S/C23H28N2O8S/c1-13-8-14(13)22(28)24-16-10-18(31-3)17(30-2)9-15(16)23(29)33-7-5-6-25-19(26)12-34-20(25)11-21(27)32-4/h9-11,13-14H,5-8,12H2,1-4H3,(H,24,28)/b20-11+. The molecule has 0 spiro atoms. The highest BCUT2D eigenvalue weighted by atomic mass is 32.2. The molecule has 2 aliphatic rings. The van der Waals surface area contributed by atoms with Crippen LogP contribution < -0.4 is 14.8 Å². The number of nitrogens with one attached hydrogen (secondary N) is 1. The topological polar surface area (TPSA) is 120 Å². The van der Waals surface area contributed by atoms with Crippen molar-refractivity contribution in [3.05, 3.63) is 28.8 Å². The number of carbonyl (C=O) groups is 4. The molecule has 0 bridgehead atoms. The number of nitrogens with zero attached hydrogens (tertiary/aromatic N) is 1. The molecular weight excluding hydrogens is 464 g/mol. The van der Waals surface area contributed by atoms with Crippen LogP contribution in [0.5, 0.6) is 11.5 Å². The molecule has 184 valence electrons. The lowest BCUT2D eigenvalue weighted by Crippen LogP contribution is -2.27. The Morgan fingerprint density at radius 1 is 1.18 bits per heavy atom. The van der Waals surface area contributed by atoms with Gasteiger partial charge in [0.05, 0.1) is 56.0 Å². The zero-order valence-electron chi connectivity index (χ0n) is 19.5. The molecule has 1 aliphatic carbocycles. The van der Waals surface area contributed by atoms with E-state index in [4.69, 9.17) is 14.2 Å². The van der Waals surface area contributed by atoms with Crippen LogP contribution in [-0.4, -0.2) is 68.9 Å². The molecule has 0 aromatic heterocycles. The van der Waals surface area contributed by atoms with Crippen molar-refractivity contribution in [2.24, 2.45) is 11.8 Å². The summed E-state index contributed by atoms with van der Waals surface area (Å²) in [6.07, 6.45) is 2.42. The van der Waals surface area contributed by atoms with E-state index < -0.39 is 11.9 Å². The fourth-order valence-electron chi connectivity index (χ4n) is 3.46. The highest BCUT2D eigenvalue weighted by molar-refractivity contribution is 8.04. The Balaban J connectivity index is 1.65. The highest BCUT2D eigenvalue weighted by Gasteiger charge is 2.39. The smallest absolute Gasteiger partial charge is 0.340 e. The second-order valence-electron chi connectivity index (χ2n) is 7.89. The van der Waals surface area contributed by atoms with Crippen molar-refractivity contribution >= 4 is 41.2 Å². The maximum atomic E-state index is 12.8. The average molecular weight is 493 g/mol. The molecule has 10 nitrogen and oxygen atoms in total. The van der Waals surface area contributed by atoms with Crippen LogP contribution in [0.3, 0.4) is 0 Å². The summed E-state index contributed by atoms with van der Waals surface area (Å²) >= 11 is 1.25. The number of hydrogen-bond acceptors (Lipinski definition) is 9. The van der Waals surface area contributed by atoms with Gasteiger partial charge in [0, 0.05) is 24.6 Å². The molecule has 2 fully saturated rings. The van der Waals surface area contributed by atoms with E-state index in [1.807, 2.05) is 6.92 Å². The lowest BCUT2D eigenvalue weighted by atomic mass is 10.1. The normalized spacial score (nSPS) is 20.2. The number of amides is 2. The van der Waals surface area contributed by atoms with Crippen molar-refractivity contribution in [2.45, 2.75) is 19.8 Å². The summed E-state index contributed by atoms with van der Waals surface area (Å²) < 4.78 is 20.6. The molecule has 1 saturated heterocycles. The van der Waals surface area contributed by atoms with Crippen molar-refractivity contribution in [2.75, 3.05) is 45.6 Å². The van der Waals surface area contributed by atoms with Gasteiger partial charge in [0.1, 0.15) is 0 Å². The van der Waals surface area contributed by atoms with E-state index >= 15 is 0 Å². The maximum absolute atomic E-state index is 12.8. The summed E-state index contributed by atoms with van der Waals surface area (Å²) in [4.78, 5) is 50.4. The van der Waals surface area contributed by atoms with Gasteiger partial charge in [-0.05, 0) is 18.8 Å². The molecule has 11 heteroatoms. The molecule has 1 N–H and O–H groups in total. The van der Waals surface area contributed by atoms with Crippen LogP contribution >= 0.6 is 11.8 Å². The zero-order chi connectivity index (χ0) is 24.8. The van der Waals surface area contributed by atoms with E-state index in [1.165, 1.54) is 56.2 Å². The molecule has 1 aromatic carbocycles. The summed E-state index contributed by atoms with van der Waals surface area (Å²) in [6.45, 7) is 2.29. The molecule has 34 heavy (non-hydrogen) atoms. The van der Waals surface area contributed by atoms with Crippen LogP contribution in [0.15, 0.2) is 23.2 Å². The molecule has 1 saturated carbocycles. The lowest BCUT2D eigenvalue weighted by molar-refractivity contribution is -0.135. The van der Waals surface area contributed by atoms with Gasteiger partial charge in [-0.1, -0.05) is 18.7 Å². The van der Waals surface area contributed by atoms with Crippen molar-refractivity contribution in [1.29, 1.82) is 0 Å². The predicted molar refractivity (Wildman–Crippen MR) is 125 cm³/mol. The first-order valence-electron chi connectivity index (χ1n) is 10.8. The Hall–Kier alpha value is -3.21. The minimum absolute atomic E-state index is 0.0280. The Labute approximate surface area is 201 Å². The minimum atomic E-state index is -0.646. The molecule has 2 amide bonds. The number of anilines is 1. The number of carbonyl (C=O) groups excluding carboxylic acids is 4. The number of ether oxygens (including phenoxy) is 4. The summed E-state index contributed by atoms with van der Waals surface area (Å²) in [5.41, 5.74) is 0.416. The van der Waals surface area contributed by atoms with Gasteiger partial charge < -0.3 is 29.2 Å². The summed E-state index contributed by atoms with van der Waals surface area (Å²) in [5.74, 6) is -0.339. The van der Waals surface area contributed by atoms with Crippen molar-refractivity contribution in [3.63, 3.8) is 0 Å². The van der Waals surface area contributed by atoms with E-state index in [1.54, 1.807) is 0 Å². The predicted octanol–water partition coefficient (Wildman–Crippen LogP) is 2.44. The molecule has 1 heterocycles. The minimum Gasteiger partial charge on any atom is -0.493 e. The fourth-order valence-corrected chi connectivity index (χ4v) is 4.41. The van der Waals surface area contributed by atoms with E-state index in [0.29, 0.717) is 28.9 Å². The molecule has 0 radical (unpaired) electrons. The molecule has 3 rings (SSSR count). The van der Waals surface area contributed by atoms with Crippen LogP contribution in [0, 0.1) is 11.8 Å². The van der Waals surface area contributed by atoms with Gasteiger partial charge in [0.2, 0.25) is 11.8 Å². The zero-order valence-corrected chi connectivity index (χ0v) is 20.4. The summed E-state index contributed by atoms with van der Waals surface area (Å²) in [7, 11) is 4.17. The third kappa shape index (κ3) is 6.02. The van der Waals surface area contributed by atoms with E-state index in [-0.39, 0.29) is 47.9 Å². The van der Waals surface area contributed by atoms with Gasteiger partial charge in [-0.3, -0.25) is 9.59 Å². The SMILES string of the molecule is COC(=O)/C=C1/SCC(=O)N1CCCOC(=O)c1cc(OC)c(OC)cc1NC(=O)C1CC1C. The summed E-state index contributed by atoms with van der Waals surface area (Å²) in [6, 6.07) is 3.00. The molecule has 1 aromatic rings. The third-order valence-electron chi connectivity index (χ3n) is 5.56. The number of methoxy groups -OCH3 is 3. The van der Waals surface area contributed by atoms with Crippen LogP contribution in [0.2, 0.25) is 0 Å². The van der Waals surface area contributed by atoms with Crippen molar-refractivity contribution in [3.8, 4) is 11.5 Å². The second-order valence-corrected chi connectivity index (χ2v) is 8.89. The lowest BCUT2D eigenvalue weighted by Gasteiger charge is -2.17. The Morgan fingerprint density at radius 2 is 1.85 bits per heavy atom. The van der Waals surface area contributed by atoms with Gasteiger partial charge in [0.25, 0.3) is 0 Å². The van der Waals surface area contributed by atoms with Gasteiger partial charge in [0.15, 0.2) is 11.5 Å². The first-order valence-corrected chi connectivity index (χ1v) is 11.7. The maximum Gasteiger partial charge on any atom is 0.340 e. The van der Waals surface area contributed by atoms with Crippen molar-refractivity contribution < 1.29 is 38.1 Å². The first kappa shape index (κ1) is 25.4. The molecule has 1 aliphatic heterocycles. The van der Waals surface area contributed by atoms with Crippen LogP contribution in [0.4, 0.5) is 5.69 Å². The van der Waals surface area contributed by atoms with Crippen molar-refractivity contribution in [1.82, 2.24) is 4.90 Å². The molecule has 2 atom stereocenters. The highest BCUT2D eigenvalue weighted by Crippen LogP contribution is 2.40. The fraction of sp³-hybridized carbons (Fsp3) is 0.478. The quantitative estimate of drug-likeness (QED) is 0.298. The Bertz CT molecular complexity index is 1010. The number of thioether (sulfide) groups is 1. The van der Waals surface area contributed by atoms with Crippen LogP contribution in [0.25, 0.3) is 0 Å². The average Bonchev–Trinajstić information content (AvgIpc) is 3.48. The number of rotatable bonds is 10. The van der Waals surface area contributed by atoms with Crippen LogP contribution in [-0.2, 0) is 23.9 Å². The van der Waals surface area contributed by atoms with Crippen LogP contribution in [0.1, 0.15) is 30.1 Å². The Kier molecular flexibility index (Phi) is 8.43. The monoisotopic (exact) mass is 492 g/mol. The molecular formula is C23H28N2O8S. The van der Waals surface area contributed by atoms with Gasteiger partial charge in [-0.25, -0.2) is 9.59 Å². The number of esters is 2. The third-order valence-corrected chi connectivity index (χ3v) is 6.59. The first-order chi connectivity index (χ1) is 16.3. The van der Waals surface area contributed by atoms with E-state index in [9.17, 15) is 19.2 Å². The van der Waals surface area contributed by atoms with E-state index in [2.05, 4.69) is 10.1 Å². The number of hydrogen-bond donors (Lipinski definition) is 1. The second kappa shape index (κ2) is 11.3. The van der Waals surface area contributed by atoms with Gasteiger partial charge in [-0.15, -0.1) is 0 Å². The Morgan fingerprint density at radius 3 is 2.47 bits per heavy atom. The number of benzene rings is 1. The largest absolute Gasteiger partial charge is 0.493 e. The molecule has 2 unspecified atom stereocenters. The van der Waals surface area contributed by atoms with Gasteiger partial charge >= 0.3 is 11.9 Å². The summed E-state index contributed by atoms with van der Waals surface area (Å²) in [5, 5.41) is 3.30. The van der Waals surface area contributed by atoms with Gasteiger partial charge in [-0.2, -0.15) is 0 Å². The van der Waals surface area contributed by atoms with E-state index in [0.717, 1.165) is 6.42 Å².